The predicted octanol–water partition coefficient (Wildman–Crippen LogP) is 0.481. The highest BCUT2D eigenvalue weighted by Gasteiger charge is 2.09. The number of nitrogens with zero attached hydrogens (tertiary/aromatic N) is 4. The molecule has 0 amide bonds. The molecule has 0 unspecified atom stereocenters. The maximum Gasteiger partial charge on any atom is 0.356 e. The maximum atomic E-state index is 10.6. The van der Waals surface area contributed by atoms with Gasteiger partial charge < -0.3 is 5.11 Å². The number of rotatable bonds is 3. The molecule has 0 radical (unpaired) electrons. The first-order valence-corrected chi connectivity index (χ1v) is 4.69. The van der Waals surface area contributed by atoms with Gasteiger partial charge in [0.05, 0.1) is 12.4 Å². The van der Waals surface area contributed by atoms with Crippen molar-refractivity contribution in [2.24, 2.45) is 0 Å². The molecule has 0 fully saturated rings. The van der Waals surface area contributed by atoms with Crippen molar-refractivity contribution in [3.05, 3.63) is 35.5 Å². The zero-order chi connectivity index (χ0) is 12.4. The highest BCUT2D eigenvalue weighted by atomic mass is 16.4. The van der Waals surface area contributed by atoms with Crippen LogP contribution in [-0.4, -0.2) is 37.1 Å². The van der Waals surface area contributed by atoms with Gasteiger partial charge in [-0.25, -0.2) is 19.4 Å². The quantitative estimate of drug-likeness (QED) is 0.773. The van der Waals surface area contributed by atoms with Gasteiger partial charge >= 0.3 is 5.97 Å². The van der Waals surface area contributed by atoms with Crippen molar-refractivity contribution in [1.29, 1.82) is 0 Å². The molecule has 17 heavy (non-hydrogen) atoms. The van der Waals surface area contributed by atoms with Gasteiger partial charge in [-0.2, -0.15) is 5.10 Å². The largest absolute Gasteiger partial charge is 0.476 e. The summed E-state index contributed by atoms with van der Waals surface area (Å²) in [5, 5.41) is 12.6. The smallest absolute Gasteiger partial charge is 0.356 e. The molecule has 0 spiro atoms. The molecule has 0 bridgehead atoms. The van der Waals surface area contributed by atoms with Crippen LogP contribution < -0.4 is 0 Å². The first kappa shape index (κ1) is 10.9. The number of aldehydes is 1. The molecule has 0 saturated heterocycles. The second-order valence-corrected chi connectivity index (χ2v) is 3.31. The van der Waals surface area contributed by atoms with Crippen LogP contribution >= 0.6 is 0 Å². The van der Waals surface area contributed by atoms with Gasteiger partial charge in [-0.1, -0.05) is 0 Å². The van der Waals surface area contributed by atoms with E-state index in [1.807, 2.05) is 0 Å². The van der Waals surface area contributed by atoms with E-state index in [-0.39, 0.29) is 11.4 Å². The van der Waals surface area contributed by atoms with E-state index in [0.29, 0.717) is 17.8 Å². The van der Waals surface area contributed by atoms with Crippen LogP contribution in [0.2, 0.25) is 0 Å². The van der Waals surface area contributed by atoms with Crippen LogP contribution in [0.5, 0.6) is 0 Å². The molecule has 0 aromatic carbocycles. The van der Waals surface area contributed by atoms with Crippen LogP contribution in [0.25, 0.3) is 5.82 Å². The number of hydrogen-bond donors (Lipinski definition) is 1. The maximum absolute atomic E-state index is 10.6. The molecule has 2 heterocycles. The lowest BCUT2D eigenvalue weighted by atomic mass is 10.4. The van der Waals surface area contributed by atoms with Crippen molar-refractivity contribution in [1.82, 2.24) is 19.7 Å². The molecule has 2 aromatic heterocycles. The Morgan fingerprint density at radius 3 is 2.65 bits per heavy atom. The molecule has 1 N–H and O–H groups in total. The van der Waals surface area contributed by atoms with E-state index in [0.717, 1.165) is 6.20 Å². The molecular weight excluding hydrogens is 224 g/mol. The second-order valence-electron chi connectivity index (χ2n) is 3.31. The van der Waals surface area contributed by atoms with Crippen molar-refractivity contribution in [2.45, 2.75) is 6.92 Å². The highest BCUT2D eigenvalue weighted by Crippen LogP contribution is 2.08. The minimum Gasteiger partial charge on any atom is -0.476 e. The first-order chi connectivity index (χ1) is 8.11. The second kappa shape index (κ2) is 4.12. The summed E-state index contributed by atoms with van der Waals surface area (Å²) in [6.45, 7) is 1.76. The van der Waals surface area contributed by atoms with E-state index in [1.165, 1.54) is 10.9 Å². The molecule has 86 valence electrons. The monoisotopic (exact) mass is 232 g/mol. The van der Waals surface area contributed by atoms with E-state index >= 15 is 0 Å². The molecule has 0 aliphatic rings. The van der Waals surface area contributed by atoms with Gasteiger partial charge in [0.1, 0.15) is 5.69 Å². The fourth-order valence-electron chi connectivity index (χ4n) is 1.33. The van der Waals surface area contributed by atoms with Gasteiger partial charge in [-0.15, -0.1) is 0 Å². The van der Waals surface area contributed by atoms with Crippen molar-refractivity contribution in [3.63, 3.8) is 0 Å². The Morgan fingerprint density at radius 2 is 2.18 bits per heavy atom. The van der Waals surface area contributed by atoms with E-state index in [1.54, 1.807) is 13.0 Å². The fraction of sp³-hybridized carbons (Fsp3) is 0.100. The standard InChI is InChI=1S/C10H8N4O3/c1-6-2-7(5-15)13-14(6)9-4-11-8(3-12-9)10(16)17/h2-5H,1H3,(H,16,17). The SMILES string of the molecule is Cc1cc(C=O)nn1-c1cnc(C(=O)O)cn1. The summed E-state index contributed by atoms with van der Waals surface area (Å²) >= 11 is 0. The Balaban J connectivity index is 2.42. The van der Waals surface area contributed by atoms with Gasteiger partial charge in [0, 0.05) is 5.69 Å². The van der Waals surface area contributed by atoms with E-state index in [4.69, 9.17) is 5.11 Å². The lowest BCUT2D eigenvalue weighted by Crippen LogP contribution is -2.06. The van der Waals surface area contributed by atoms with Gasteiger partial charge in [-0.3, -0.25) is 4.79 Å². The highest BCUT2D eigenvalue weighted by molar-refractivity contribution is 5.84. The number of aryl methyl sites for hydroxylation is 1. The molecule has 2 aromatic rings. The summed E-state index contributed by atoms with van der Waals surface area (Å²) in [4.78, 5) is 28.8. The fourth-order valence-corrected chi connectivity index (χ4v) is 1.33. The third-order valence-electron chi connectivity index (χ3n) is 2.10. The summed E-state index contributed by atoms with van der Waals surface area (Å²) < 4.78 is 1.42. The third kappa shape index (κ3) is 2.03. The lowest BCUT2D eigenvalue weighted by molar-refractivity contribution is 0.0690. The van der Waals surface area contributed by atoms with Gasteiger partial charge in [0.25, 0.3) is 0 Å². The van der Waals surface area contributed by atoms with E-state index in [2.05, 4.69) is 15.1 Å². The Kier molecular flexibility index (Phi) is 2.65. The Hall–Kier alpha value is -2.57. The molecule has 0 atom stereocenters. The lowest BCUT2D eigenvalue weighted by Gasteiger charge is -2.02. The van der Waals surface area contributed by atoms with Gasteiger partial charge in [-0.05, 0) is 13.0 Å². The zero-order valence-corrected chi connectivity index (χ0v) is 8.86. The first-order valence-electron chi connectivity index (χ1n) is 4.69. The molecule has 7 heteroatoms. The average Bonchev–Trinajstić information content (AvgIpc) is 2.71. The number of carboxylic acid groups (broad SMARTS) is 1. The van der Waals surface area contributed by atoms with Crippen LogP contribution in [0.15, 0.2) is 18.5 Å². The number of carbonyl (C=O) groups is 2. The molecule has 2 rings (SSSR count). The average molecular weight is 232 g/mol. The Bertz CT molecular complexity index is 574. The van der Waals surface area contributed by atoms with E-state index in [9.17, 15) is 9.59 Å². The molecular formula is C10H8N4O3. The minimum atomic E-state index is -1.14. The number of carbonyl (C=O) groups excluding carboxylic acids is 1. The summed E-state index contributed by atoms with van der Waals surface area (Å²) in [5.41, 5.74) is 0.852. The summed E-state index contributed by atoms with van der Waals surface area (Å²) in [6, 6.07) is 1.60. The van der Waals surface area contributed by atoms with E-state index < -0.39 is 5.97 Å². The van der Waals surface area contributed by atoms with Crippen molar-refractivity contribution < 1.29 is 14.7 Å². The third-order valence-corrected chi connectivity index (χ3v) is 2.10. The van der Waals surface area contributed by atoms with Crippen molar-refractivity contribution >= 4 is 12.3 Å². The van der Waals surface area contributed by atoms with Crippen LogP contribution in [0.1, 0.15) is 26.7 Å². The molecule has 0 saturated carbocycles. The van der Waals surface area contributed by atoms with Crippen LogP contribution in [-0.2, 0) is 0 Å². The molecule has 0 aliphatic heterocycles. The van der Waals surface area contributed by atoms with Gasteiger partial charge in [0.15, 0.2) is 17.8 Å². The number of hydrogen-bond acceptors (Lipinski definition) is 5. The zero-order valence-electron chi connectivity index (χ0n) is 8.86. The Morgan fingerprint density at radius 1 is 1.41 bits per heavy atom. The molecule has 7 nitrogen and oxygen atoms in total. The number of aromatic nitrogens is 4. The van der Waals surface area contributed by atoms with Crippen molar-refractivity contribution in [2.75, 3.05) is 0 Å². The summed E-state index contributed by atoms with van der Waals surface area (Å²) in [6.07, 6.45) is 3.06. The van der Waals surface area contributed by atoms with Crippen LogP contribution in [0, 0.1) is 6.92 Å². The number of carboxylic acids is 1. The van der Waals surface area contributed by atoms with Gasteiger partial charge in [0.2, 0.25) is 0 Å². The van der Waals surface area contributed by atoms with Crippen molar-refractivity contribution in [3.8, 4) is 5.82 Å². The van der Waals surface area contributed by atoms with Crippen LogP contribution in [0.4, 0.5) is 0 Å². The number of aromatic carboxylic acids is 1. The normalized spacial score (nSPS) is 10.2. The molecule has 0 aliphatic carbocycles. The Labute approximate surface area is 95.7 Å². The minimum absolute atomic E-state index is 0.144. The summed E-state index contributed by atoms with van der Waals surface area (Å²) in [7, 11) is 0. The topological polar surface area (TPSA) is 98.0 Å². The predicted molar refractivity (Wildman–Crippen MR) is 56.2 cm³/mol. The summed E-state index contributed by atoms with van der Waals surface area (Å²) in [5.74, 6) is -0.782. The van der Waals surface area contributed by atoms with Crippen LogP contribution in [0.3, 0.4) is 0 Å².